The van der Waals surface area contributed by atoms with Crippen LogP contribution in [-0.4, -0.2) is 46.0 Å². The van der Waals surface area contributed by atoms with Gasteiger partial charge in [-0.05, 0) is 30.7 Å². The summed E-state index contributed by atoms with van der Waals surface area (Å²) in [6.07, 6.45) is 1.22. The summed E-state index contributed by atoms with van der Waals surface area (Å²) in [5.41, 5.74) is 8.86. The Labute approximate surface area is 116 Å². The maximum absolute atomic E-state index is 5.70. The summed E-state index contributed by atoms with van der Waals surface area (Å²) in [5, 5.41) is 0. The number of nitrogens with two attached hydrogens (primary N) is 1. The summed E-state index contributed by atoms with van der Waals surface area (Å²) < 4.78 is 14.2. The number of hydrogen-bond acceptors (Lipinski definition) is 6. The van der Waals surface area contributed by atoms with Gasteiger partial charge in [0.1, 0.15) is 11.0 Å². The van der Waals surface area contributed by atoms with Crippen molar-refractivity contribution in [3.05, 3.63) is 23.8 Å². The first-order valence-electron chi connectivity index (χ1n) is 6.60. The quantitative estimate of drug-likeness (QED) is 0.911. The second-order valence-electron chi connectivity index (χ2n) is 4.89. The van der Waals surface area contributed by atoms with Gasteiger partial charge in [-0.1, -0.05) is 6.07 Å². The molecule has 0 amide bonds. The average Bonchev–Trinajstić information content (AvgIpc) is 2.87. The highest BCUT2D eigenvalue weighted by molar-refractivity contribution is 7.00. The van der Waals surface area contributed by atoms with Crippen LogP contribution in [0.5, 0.6) is 0 Å². The maximum Gasteiger partial charge on any atom is 0.105 e. The van der Waals surface area contributed by atoms with E-state index in [1.165, 1.54) is 17.3 Å². The fraction of sp³-hybridized carbons (Fsp3) is 0.538. The number of hydrogen-bond donors (Lipinski definition) is 1. The van der Waals surface area contributed by atoms with Gasteiger partial charge in [-0.25, -0.2) is 0 Å². The Kier molecular flexibility index (Phi) is 4.03. The lowest BCUT2D eigenvalue weighted by Gasteiger charge is -2.32. The number of ether oxygens (including phenoxy) is 1. The Morgan fingerprint density at radius 3 is 3.16 bits per heavy atom. The Balaban J connectivity index is 1.66. The zero-order valence-electron chi connectivity index (χ0n) is 10.8. The molecule has 0 spiro atoms. The molecule has 2 N–H and O–H groups in total. The first kappa shape index (κ1) is 12.9. The van der Waals surface area contributed by atoms with Crippen LogP contribution in [0.1, 0.15) is 12.0 Å². The summed E-state index contributed by atoms with van der Waals surface area (Å²) in [5.74, 6) is 0. The van der Waals surface area contributed by atoms with Crippen LogP contribution < -0.4 is 5.73 Å². The Bertz CT molecular complexity index is 542. The molecule has 3 rings (SSSR count). The zero-order chi connectivity index (χ0) is 13.1. The third-order valence-electron chi connectivity index (χ3n) is 3.44. The second kappa shape index (κ2) is 5.92. The van der Waals surface area contributed by atoms with Gasteiger partial charge in [-0.15, -0.1) is 0 Å². The fourth-order valence-corrected chi connectivity index (χ4v) is 2.99. The van der Waals surface area contributed by atoms with E-state index >= 15 is 0 Å². The lowest BCUT2D eigenvalue weighted by molar-refractivity contribution is -0.0335. The minimum absolute atomic E-state index is 0.281. The third kappa shape index (κ3) is 3.09. The van der Waals surface area contributed by atoms with Gasteiger partial charge in [0.15, 0.2) is 0 Å². The number of nitrogens with zero attached hydrogens (tertiary/aromatic N) is 3. The van der Waals surface area contributed by atoms with Crippen LogP contribution in [0.2, 0.25) is 0 Å². The molecule has 1 aliphatic heterocycles. The SMILES string of the molecule is NCCC1CN(Cc2ccc3nsnc3c2)CCO1. The summed E-state index contributed by atoms with van der Waals surface area (Å²) in [6, 6.07) is 6.31. The summed E-state index contributed by atoms with van der Waals surface area (Å²) in [7, 11) is 0. The van der Waals surface area contributed by atoms with Crippen LogP contribution in [0, 0.1) is 0 Å². The highest BCUT2D eigenvalue weighted by atomic mass is 32.1. The van der Waals surface area contributed by atoms with E-state index in [1.54, 1.807) is 0 Å². The molecule has 1 aromatic carbocycles. The van der Waals surface area contributed by atoms with Gasteiger partial charge >= 0.3 is 0 Å². The van der Waals surface area contributed by atoms with Gasteiger partial charge in [0, 0.05) is 19.6 Å². The van der Waals surface area contributed by atoms with Crippen molar-refractivity contribution in [3.8, 4) is 0 Å². The number of morpholine rings is 1. The van der Waals surface area contributed by atoms with E-state index in [2.05, 4.69) is 25.8 Å². The summed E-state index contributed by atoms with van der Waals surface area (Å²) in [6.45, 7) is 4.37. The van der Waals surface area contributed by atoms with E-state index in [-0.39, 0.29) is 6.10 Å². The van der Waals surface area contributed by atoms with E-state index in [1.807, 2.05) is 6.07 Å². The topological polar surface area (TPSA) is 64.3 Å². The van der Waals surface area contributed by atoms with Crippen LogP contribution >= 0.6 is 11.7 Å². The highest BCUT2D eigenvalue weighted by Crippen LogP contribution is 2.17. The molecule has 19 heavy (non-hydrogen) atoms. The van der Waals surface area contributed by atoms with Crippen LogP contribution in [0.25, 0.3) is 11.0 Å². The number of aromatic nitrogens is 2. The molecule has 2 aromatic rings. The molecule has 1 unspecified atom stereocenters. The van der Waals surface area contributed by atoms with Gasteiger partial charge < -0.3 is 10.5 Å². The van der Waals surface area contributed by atoms with Gasteiger partial charge in [0.25, 0.3) is 0 Å². The lowest BCUT2D eigenvalue weighted by atomic mass is 10.1. The average molecular weight is 278 g/mol. The molecule has 1 atom stereocenters. The van der Waals surface area contributed by atoms with Crippen molar-refractivity contribution in [2.24, 2.45) is 5.73 Å². The first-order valence-corrected chi connectivity index (χ1v) is 7.33. The van der Waals surface area contributed by atoms with E-state index in [0.29, 0.717) is 6.54 Å². The van der Waals surface area contributed by atoms with Crippen LogP contribution in [0.3, 0.4) is 0 Å². The van der Waals surface area contributed by atoms with Crippen molar-refractivity contribution in [1.82, 2.24) is 13.6 Å². The Morgan fingerprint density at radius 1 is 1.37 bits per heavy atom. The van der Waals surface area contributed by atoms with Crippen LogP contribution in [0.4, 0.5) is 0 Å². The molecule has 1 saturated heterocycles. The molecule has 2 heterocycles. The molecule has 5 nitrogen and oxygen atoms in total. The summed E-state index contributed by atoms with van der Waals surface area (Å²) >= 11 is 1.27. The molecular weight excluding hydrogens is 260 g/mol. The van der Waals surface area contributed by atoms with Crippen molar-refractivity contribution in [1.29, 1.82) is 0 Å². The molecule has 0 saturated carbocycles. The molecule has 0 bridgehead atoms. The van der Waals surface area contributed by atoms with E-state index in [0.717, 1.165) is 43.7 Å². The molecule has 1 fully saturated rings. The maximum atomic E-state index is 5.70. The predicted molar refractivity (Wildman–Crippen MR) is 76.1 cm³/mol. The van der Waals surface area contributed by atoms with Gasteiger partial charge in [0.05, 0.1) is 24.4 Å². The van der Waals surface area contributed by atoms with E-state index in [9.17, 15) is 0 Å². The van der Waals surface area contributed by atoms with Gasteiger partial charge in [0.2, 0.25) is 0 Å². The second-order valence-corrected chi connectivity index (χ2v) is 5.42. The highest BCUT2D eigenvalue weighted by Gasteiger charge is 2.19. The number of benzene rings is 1. The zero-order valence-corrected chi connectivity index (χ0v) is 11.6. The van der Waals surface area contributed by atoms with E-state index < -0.39 is 0 Å². The van der Waals surface area contributed by atoms with Crippen molar-refractivity contribution < 1.29 is 4.74 Å². The standard InChI is InChI=1S/C13H18N4OS/c14-4-3-11-9-17(5-6-18-11)8-10-1-2-12-13(7-10)16-19-15-12/h1-2,7,11H,3-6,8-9,14H2. The lowest BCUT2D eigenvalue weighted by Crippen LogP contribution is -2.42. The minimum atomic E-state index is 0.281. The van der Waals surface area contributed by atoms with E-state index in [4.69, 9.17) is 10.5 Å². The molecule has 0 radical (unpaired) electrons. The van der Waals surface area contributed by atoms with Gasteiger partial charge in [-0.2, -0.15) is 8.75 Å². The molecular formula is C13H18N4OS. The molecule has 6 heteroatoms. The molecule has 0 aliphatic carbocycles. The number of fused-ring (bicyclic) bond motifs is 1. The largest absolute Gasteiger partial charge is 0.376 e. The molecule has 1 aliphatic rings. The van der Waals surface area contributed by atoms with Crippen molar-refractivity contribution in [3.63, 3.8) is 0 Å². The minimum Gasteiger partial charge on any atom is -0.376 e. The Hall–Kier alpha value is -1.08. The third-order valence-corrected chi connectivity index (χ3v) is 3.99. The van der Waals surface area contributed by atoms with Gasteiger partial charge in [-0.3, -0.25) is 4.90 Å². The van der Waals surface area contributed by atoms with Crippen molar-refractivity contribution >= 4 is 22.8 Å². The fourth-order valence-electron chi connectivity index (χ4n) is 2.47. The van der Waals surface area contributed by atoms with Crippen molar-refractivity contribution in [2.45, 2.75) is 19.1 Å². The number of rotatable bonds is 4. The Morgan fingerprint density at radius 2 is 2.26 bits per heavy atom. The van der Waals surface area contributed by atoms with Crippen LogP contribution in [0.15, 0.2) is 18.2 Å². The smallest absolute Gasteiger partial charge is 0.105 e. The first-order chi connectivity index (χ1) is 9.35. The normalized spacial score (nSPS) is 21.0. The monoisotopic (exact) mass is 278 g/mol. The molecule has 102 valence electrons. The van der Waals surface area contributed by atoms with Crippen LogP contribution in [-0.2, 0) is 11.3 Å². The predicted octanol–water partition coefficient (Wildman–Crippen LogP) is 1.24. The van der Waals surface area contributed by atoms with Crippen molar-refractivity contribution in [2.75, 3.05) is 26.2 Å². The summed E-state index contributed by atoms with van der Waals surface area (Å²) in [4.78, 5) is 2.42. The molecule has 1 aromatic heterocycles.